The Hall–Kier alpha value is -2.43. The molecule has 3 aromatic rings. The van der Waals surface area contributed by atoms with Gasteiger partial charge >= 0.3 is 0 Å². The van der Waals surface area contributed by atoms with E-state index >= 15 is 0 Å². The van der Waals surface area contributed by atoms with E-state index in [4.69, 9.17) is 0 Å². The molecule has 0 saturated heterocycles. The van der Waals surface area contributed by atoms with Gasteiger partial charge in [-0.1, -0.05) is 6.07 Å². The molecule has 3 heterocycles. The predicted molar refractivity (Wildman–Crippen MR) is 69.3 cm³/mol. The average Bonchev–Trinajstić information content (AvgIpc) is 2.79. The molecular formula is C13H13N5. The summed E-state index contributed by atoms with van der Waals surface area (Å²) in [5.74, 6) is 0.617. The van der Waals surface area contributed by atoms with Gasteiger partial charge in [-0.3, -0.25) is 4.98 Å². The van der Waals surface area contributed by atoms with Crippen LogP contribution in [0, 0.1) is 6.92 Å². The molecule has 0 spiro atoms. The number of aryl methyl sites for hydroxylation is 1. The lowest BCUT2D eigenvalue weighted by Gasteiger charge is -1.99. The van der Waals surface area contributed by atoms with Crippen molar-refractivity contribution in [2.24, 2.45) is 0 Å². The summed E-state index contributed by atoms with van der Waals surface area (Å²) in [4.78, 5) is 8.64. The average molecular weight is 239 g/mol. The molecule has 5 heteroatoms. The van der Waals surface area contributed by atoms with Crippen LogP contribution in [0.2, 0.25) is 0 Å². The van der Waals surface area contributed by atoms with Gasteiger partial charge in [0.25, 0.3) is 0 Å². The van der Waals surface area contributed by atoms with Crippen molar-refractivity contribution >= 4 is 11.6 Å². The monoisotopic (exact) mass is 239 g/mol. The SMILES string of the molecule is Cc1ccn2nc(NCc3ccccn3)nc2c1. The molecule has 0 atom stereocenters. The van der Waals surface area contributed by atoms with E-state index in [0.717, 1.165) is 11.3 Å². The number of anilines is 1. The summed E-state index contributed by atoms with van der Waals surface area (Å²) >= 11 is 0. The molecule has 0 aliphatic heterocycles. The molecule has 0 aromatic carbocycles. The molecule has 18 heavy (non-hydrogen) atoms. The van der Waals surface area contributed by atoms with Crippen LogP contribution < -0.4 is 5.32 Å². The maximum absolute atomic E-state index is 4.40. The van der Waals surface area contributed by atoms with Gasteiger partial charge in [-0.05, 0) is 36.8 Å². The molecule has 0 aliphatic rings. The van der Waals surface area contributed by atoms with Gasteiger partial charge in [-0.2, -0.15) is 4.98 Å². The number of aromatic nitrogens is 4. The van der Waals surface area contributed by atoms with E-state index in [0.29, 0.717) is 12.5 Å². The number of hydrogen-bond acceptors (Lipinski definition) is 4. The lowest BCUT2D eigenvalue weighted by Crippen LogP contribution is -2.02. The Morgan fingerprint density at radius 3 is 3.06 bits per heavy atom. The highest BCUT2D eigenvalue weighted by Crippen LogP contribution is 2.08. The van der Waals surface area contributed by atoms with Gasteiger partial charge in [-0.15, -0.1) is 5.10 Å². The normalized spacial score (nSPS) is 10.7. The summed E-state index contributed by atoms with van der Waals surface area (Å²) in [6.07, 6.45) is 3.68. The standard InChI is InChI=1S/C13H13N5/c1-10-5-7-18-12(8-10)16-13(17-18)15-9-11-4-2-3-6-14-11/h2-8H,9H2,1H3,(H,15,17). The van der Waals surface area contributed by atoms with E-state index < -0.39 is 0 Å². The summed E-state index contributed by atoms with van der Waals surface area (Å²) in [5, 5.41) is 7.50. The lowest BCUT2D eigenvalue weighted by atomic mass is 10.3. The first kappa shape index (κ1) is 10.7. The molecule has 3 aromatic heterocycles. The number of fused-ring (bicyclic) bond motifs is 1. The van der Waals surface area contributed by atoms with Gasteiger partial charge in [0.05, 0.1) is 12.2 Å². The maximum atomic E-state index is 4.40. The van der Waals surface area contributed by atoms with Crippen molar-refractivity contribution in [3.63, 3.8) is 0 Å². The minimum absolute atomic E-state index is 0.617. The summed E-state index contributed by atoms with van der Waals surface area (Å²) < 4.78 is 1.76. The zero-order chi connectivity index (χ0) is 12.4. The Morgan fingerprint density at radius 2 is 2.22 bits per heavy atom. The predicted octanol–water partition coefficient (Wildman–Crippen LogP) is 2.04. The molecular weight excluding hydrogens is 226 g/mol. The third-order valence-corrected chi connectivity index (χ3v) is 2.65. The minimum atomic E-state index is 0.617. The Bertz CT molecular complexity index is 659. The van der Waals surface area contributed by atoms with Crippen molar-refractivity contribution in [1.82, 2.24) is 19.6 Å². The molecule has 0 fully saturated rings. The van der Waals surface area contributed by atoms with Crippen LogP contribution in [0.1, 0.15) is 11.3 Å². The van der Waals surface area contributed by atoms with E-state index in [1.807, 2.05) is 43.5 Å². The fourth-order valence-corrected chi connectivity index (χ4v) is 1.73. The number of hydrogen-bond donors (Lipinski definition) is 1. The molecule has 0 unspecified atom stereocenters. The fourth-order valence-electron chi connectivity index (χ4n) is 1.73. The van der Waals surface area contributed by atoms with Crippen LogP contribution in [-0.4, -0.2) is 19.6 Å². The largest absolute Gasteiger partial charge is 0.347 e. The highest BCUT2D eigenvalue weighted by molar-refractivity contribution is 5.45. The Morgan fingerprint density at radius 1 is 1.28 bits per heavy atom. The van der Waals surface area contributed by atoms with Crippen LogP contribution in [0.15, 0.2) is 42.7 Å². The van der Waals surface area contributed by atoms with E-state index in [9.17, 15) is 0 Å². The second kappa shape index (κ2) is 4.44. The fraction of sp³-hybridized carbons (Fsp3) is 0.154. The van der Waals surface area contributed by atoms with Gasteiger partial charge < -0.3 is 5.32 Å². The summed E-state index contributed by atoms with van der Waals surface area (Å²) in [6.45, 7) is 2.66. The van der Waals surface area contributed by atoms with Crippen molar-refractivity contribution in [1.29, 1.82) is 0 Å². The molecule has 0 aliphatic carbocycles. The Kier molecular flexibility index (Phi) is 2.64. The van der Waals surface area contributed by atoms with Crippen LogP contribution in [0.4, 0.5) is 5.95 Å². The number of nitrogens with zero attached hydrogens (tertiary/aromatic N) is 4. The highest BCUT2D eigenvalue weighted by Gasteiger charge is 2.03. The zero-order valence-corrected chi connectivity index (χ0v) is 10.0. The van der Waals surface area contributed by atoms with Crippen LogP contribution in [-0.2, 0) is 6.54 Å². The second-order valence-corrected chi connectivity index (χ2v) is 4.12. The lowest BCUT2D eigenvalue weighted by molar-refractivity contribution is 0.939. The van der Waals surface area contributed by atoms with Gasteiger partial charge in [0.1, 0.15) is 0 Å². The summed E-state index contributed by atoms with van der Waals surface area (Å²) in [7, 11) is 0. The number of nitrogens with one attached hydrogen (secondary N) is 1. The van der Waals surface area contributed by atoms with E-state index in [2.05, 4.69) is 20.4 Å². The summed E-state index contributed by atoms with van der Waals surface area (Å²) in [6, 6.07) is 9.83. The smallest absolute Gasteiger partial charge is 0.243 e. The molecule has 0 bridgehead atoms. The molecule has 5 nitrogen and oxygen atoms in total. The number of rotatable bonds is 3. The van der Waals surface area contributed by atoms with Crippen molar-refractivity contribution in [3.05, 3.63) is 54.0 Å². The Balaban J connectivity index is 1.79. The first-order chi connectivity index (χ1) is 8.81. The first-order valence-electron chi connectivity index (χ1n) is 5.78. The molecule has 1 N–H and O–H groups in total. The van der Waals surface area contributed by atoms with E-state index in [1.165, 1.54) is 5.56 Å². The first-order valence-corrected chi connectivity index (χ1v) is 5.78. The summed E-state index contributed by atoms with van der Waals surface area (Å²) in [5.41, 5.74) is 2.98. The maximum Gasteiger partial charge on any atom is 0.243 e. The van der Waals surface area contributed by atoms with Gasteiger partial charge in [0, 0.05) is 12.4 Å². The van der Waals surface area contributed by atoms with Crippen LogP contribution >= 0.6 is 0 Å². The third kappa shape index (κ3) is 2.15. The molecule has 0 saturated carbocycles. The van der Waals surface area contributed by atoms with Crippen molar-refractivity contribution in [2.75, 3.05) is 5.32 Å². The van der Waals surface area contributed by atoms with Crippen molar-refractivity contribution in [2.45, 2.75) is 13.5 Å². The van der Waals surface area contributed by atoms with Crippen molar-refractivity contribution < 1.29 is 0 Å². The minimum Gasteiger partial charge on any atom is -0.347 e. The Labute approximate surface area is 105 Å². The van der Waals surface area contributed by atoms with E-state index in [-0.39, 0.29) is 0 Å². The van der Waals surface area contributed by atoms with Crippen molar-refractivity contribution in [3.8, 4) is 0 Å². The molecule has 90 valence electrons. The van der Waals surface area contributed by atoms with Gasteiger partial charge in [0.15, 0.2) is 5.65 Å². The second-order valence-electron chi connectivity index (χ2n) is 4.12. The molecule has 0 radical (unpaired) electrons. The van der Waals surface area contributed by atoms with Crippen LogP contribution in [0.25, 0.3) is 5.65 Å². The topological polar surface area (TPSA) is 55.1 Å². The van der Waals surface area contributed by atoms with E-state index in [1.54, 1.807) is 10.7 Å². The molecule has 0 amide bonds. The highest BCUT2D eigenvalue weighted by atomic mass is 15.3. The molecule has 3 rings (SSSR count). The van der Waals surface area contributed by atoms with Gasteiger partial charge in [-0.25, -0.2) is 4.52 Å². The number of pyridine rings is 2. The quantitative estimate of drug-likeness (QED) is 0.760. The zero-order valence-electron chi connectivity index (χ0n) is 10.0. The van der Waals surface area contributed by atoms with Crippen LogP contribution in [0.5, 0.6) is 0 Å². The van der Waals surface area contributed by atoms with Crippen LogP contribution in [0.3, 0.4) is 0 Å². The van der Waals surface area contributed by atoms with Gasteiger partial charge in [0.2, 0.25) is 5.95 Å². The third-order valence-electron chi connectivity index (χ3n) is 2.65.